The van der Waals surface area contributed by atoms with E-state index < -0.39 is 79.2 Å². The van der Waals surface area contributed by atoms with Gasteiger partial charge in [-0.3, -0.25) is 19.1 Å². The van der Waals surface area contributed by atoms with Gasteiger partial charge in [-0.15, -0.1) is 18.4 Å². The first-order valence-corrected chi connectivity index (χ1v) is 22.1. The molecule has 1 saturated heterocycles. The van der Waals surface area contributed by atoms with Crippen LogP contribution in [0, 0.1) is 23.2 Å². The van der Waals surface area contributed by atoms with Gasteiger partial charge in [-0.2, -0.15) is 0 Å². The smallest absolute Gasteiger partial charge is 0.408 e. The lowest BCUT2D eigenvalue weighted by atomic mass is 9.85. The number of ether oxygens (including phenoxy) is 3. The molecule has 4 amide bonds. The number of fused-ring (bicyclic) bond motifs is 1. The SMILES string of the molecule is C=CC1CC1(NC(=O)C1CC(Oc2cc(-c3ccccc3)nc3cc(OC)ccc23)CN1C(=O)C(NC(=O)OC(C)(C)C)C(C)(C)C)C(=O)NS(=O)(=O)C1(CC#CCC)CC1. The highest BCUT2D eigenvalue weighted by molar-refractivity contribution is 7.91. The predicted octanol–water partition coefficient (Wildman–Crippen LogP) is 6.04. The van der Waals surface area contributed by atoms with Gasteiger partial charge >= 0.3 is 6.09 Å². The molecule has 2 aromatic carbocycles. The molecular weight excluding hydrogens is 799 g/mol. The van der Waals surface area contributed by atoms with Gasteiger partial charge in [0.25, 0.3) is 5.91 Å². The van der Waals surface area contributed by atoms with Crippen LogP contribution in [0.1, 0.15) is 87.0 Å². The van der Waals surface area contributed by atoms with E-state index >= 15 is 0 Å². The molecule has 5 unspecified atom stereocenters. The molecule has 1 aromatic heterocycles. The Morgan fingerprint density at radius 1 is 1.03 bits per heavy atom. The van der Waals surface area contributed by atoms with Crippen molar-refractivity contribution in [3.63, 3.8) is 0 Å². The normalized spacial score (nSPS) is 22.2. The summed E-state index contributed by atoms with van der Waals surface area (Å²) in [6, 6.07) is 14.4. The van der Waals surface area contributed by atoms with Crippen molar-refractivity contribution in [3.05, 3.63) is 67.3 Å². The Bertz CT molecular complexity index is 2370. The van der Waals surface area contributed by atoms with Crippen LogP contribution in [0.5, 0.6) is 11.5 Å². The number of hydrogen-bond acceptors (Lipinski definition) is 10. The van der Waals surface area contributed by atoms with Crippen LogP contribution in [0.2, 0.25) is 0 Å². The Labute approximate surface area is 358 Å². The van der Waals surface area contributed by atoms with Crippen LogP contribution in [0.25, 0.3) is 22.2 Å². The van der Waals surface area contributed by atoms with Crippen molar-refractivity contribution in [2.45, 2.75) is 121 Å². The number of carbonyl (C=O) groups is 4. The zero-order valence-corrected chi connectivity index (χ0v) is 37.0. The molecule has 0 bridgehead atoms. The number of alkyl carbamates (subject to hydrolysis) is 1. The first kappa shape index (κ1) is 44.9. The summed E-state index contributed by atoms with van der Waals surface area (Å²) in [6.07, 6.45) is 1.42. The molecule has 1 aliphatic heterocycles. The molecule has 61 heavy (non-hydrogen) atoms. The fourth-order valence-electron chi connectivity index (χ4n) is 7.64. The summed E-state index contributed by atoms with van der Waals surface area (Å²) < 4.78 is 46.1. The van der Waals surface area contributed by atoms with Gasteiger partial charge in [0.1, 0.15) is 45.6 Å². The highest BCUT2D eigenvalue weighted by atomic mass is 32.2. The molecule has 5 atom stereocenters. The minimum Gasteiger partial charge on any atom is -0.497 e. The zero-order valence-electron chi connectivity index (χ0n) is 36.2. The quantitative estimate of drug-likeness (QED) is 0.135. The second-order valence-corrected chi connectivity index (χ2v) is 20.3. The topological polar surface area (TPSA) is 182 Å². The van der Waals surface area contributed by atoms with E-state index in [1.807, 2.05) is 49.4 Å². The number of nitrogens with zero attached hydrogens (tertiary/aromatic N) is 2. The van der Waals surface area contributed by atoms with E-state index in [2.05, 4.69) is 33.8 Å². The van der Waals surface area contributed by atoms with Gasteiger partial charge in [0, 0.05) is 48.3 Å². The maximum absolute atomic E-state index is 14.8. The van der Waals surface area contributed by atoms with Crippen molar-refractivity contribution in [2.75, 3.05) is 13.7 Å². The minimum absolute atomic E-state index is 0.00449. The van der Waals surface area contributed by atoms with Crippen molar-refractivity contribution in [1.82, 2.24) is 25.2 Å². The summed E-state index contributed by atoms with van der Waals surface area (Å²) in [5.41, 5.74) is -1.26. The van der Waals surface area contributed by atoms with Crippen molar-refractivity contribution >= 4 is 44.7 Å². The summed E-state index contributed by atoms with van der Waals surface area (Å²) in [4.78, 5) is 62.8. The monoisotopic (exact) mass is 855 g/mol. The van der Waals surface area contributed by atoms with Gasteiger partial charge in [-0.1, -0.05) is 64.1 Å². The molecule has 3 aromatic rings. The second-order valence-electron chi connectivity index (χ2n) is 18.2. The summed E-state index contributed by atoms with van der Waals surface area (Å²) >= 11 is 0. The number of aromatic nitrogens is 1. The maximum atomic E-state index is 14.8. The highest BCUT2D eigenvalue weighted by Gasteiger charge is 2.63. The Kier molecular flexibility index (Phi) is 12.5. The highest BCUT2D eigenvalue weighted by Crippen LogP contribution is 2.48. The number of hydrogen-bond donors (Lipinski definition) is 3. The number of carbonyl (C=O) groups excluding carboxylic acids is 4. The number of pyridine rings is 1. The number of amides is 4. The van der Waals surface area contributed by atoms with E-state index in [9.17, 15) is 27.6 Å². The third kappa shape index (κ3) is 9.80. The third-order valence-electron chi connectivity index (χ3n) is 11.3. The lowest BCUT2D eigenvalue weighted by Gasteiger charge is -2.36. The van der Waals surface area contributed by atoms with E-state index in [-0.39, 0.29) is 25.8 Å². The van der Waals surface area contributed by atoms with Crippen molar-refractivity contribution in [2.24, 2.45) is 11.3 Å². The number of sulfonamides is 1. The van der Waals surface area contributed by atoms with E-state index in [1.54, 1.807) is 60.8 Å². The van der Waals surface area contributed by atoms with Gasteiger partial charge in [0.15, 0.2) is 0 Å². The van der Waals surface area contributed by atoms with Crippen LogP contribution in [0.15, 0.2) is 67.3 Å². The third-order valence-corrected chi connectivity index (χ3v) is 13.5. The van der Waals surface area contributed by atoms with E-state index in [4.69, 9.17) is 19.2 Å². The molecule has 3 aliphatic rings. The summed E-state index contributed by atoms with van der Waals surface area (Å²) in [7, 11) is -2.60. The molecular formula is C46H57N5O9S. The Hall–Kier alpha value is -5.62. The first-order chi connectivity index (χ1) is 28.7. The lowest BCUT2D eigenvalue weighted by molar-refractivity contribution is -0.143. The van der Waals surface area contributed by atoms with E-state index in [1.165, 1.54) is 11.0 Å². The molecule has 2 heterocycles. The molecule has 326 valence electrons. The number of benzene rings is 2. The van der Waals surface area contributed by atoms with Crippen LogP contribution in [-0.4, -0.2) is 89.8 Å². The van der Waals surface area contributed by atoms with Gasteiger partial charge in [-0.05, 0) is 57.6 Å². The molecule has 0 radical (unpaired) electrons. The number of nitrogens with one attached hydrogen (secondary N) is 3. The average Bonchev–Trinajstić information content (AvgIpc) is 4.10. The molecule has 15 heteroatoms. The molecule has 14 nitrogen and oxygen atoms in total. The molecule has 0 spiro atoms. The fraction of sp³-hybridized carbons (Fsp3) is 0.500. The first-order valence-electron chi connectivity index (χ1n) is 20.6. The lowest BCUT2D eigenvalue weighted by Crippen LogP contribution is -2.60. The van der Waals surface area contributed by atoms with E-state index in [0.29, 0.717) is 47.4 Å². The predicted molar refractivity (Wildman–Crippen MR) is 232 cm³/mol. The summed E-state index contributed by atoms with van der Waals surface area (Å²) in [5.74, 6) is 4.14. The average molecular weight is 856 g/mol. The second kappa shape index (κ2) is 17.0. The standard InChI is InChI=1S/C46H57N5O9S/c1-10-12-16-21-45(22-23-45)61(56,57)50-41(54)46(27-30(46)11-2)49-39(52)36-25-32(28-51(36)40(53)38(43(3,4)5)48-42(55)60-44(6,7)8)59-37-26-34(29-17-14-13-15-18-29)47-35-24-31(58-9)19-20-33(35)37/h11,13-15,17-20,24,26,30,32,36,38H,2,10,21-23,25,27-28H2,1,3-9H3,(H,48,55)(H,49,52)(H,50,54). The van der Waals surface area contributed by atoms with Gasteiger partial charge < -0.3 is 29.7 Å². The van der Waals surface area contributed by atoms with Gasteiger partial charge in [0.2, 0.25) is 21.8 Å². The van der Waals surface area contributed by atoms with Crippen LogP contribution >= 0.6 is 0 Å². The van der Waals surface area contributed by atoms with Crippen LogP contribution in [-0.2, 0) is 29.1 Å². The summed E-state index contributed by atoms with van der Waals surface area (Å²) in [5, 5.41) is 6.25. The van der Waals surface area contributed by atoms with Crippen LogP contribution in [0.3, 0.4) is 0 Å². The van der Waals surface area contributed by atoms with Gasteiger partial charge in [-0.25, -0.2) is 18.2 Å². The zero-order chi connectivity index (χ0) is 44.5. The molecule has 2 aliphatic carbocycles. The van der Waals surface area contributed by atoms with Crippen molar-refractivity contribution in [1.29, 1.82) is 0 Å². The van der Waals surface area contributed by atoms with Crippen molar-refractivity contribution < 1.29 is 41.8 Å². The maximum Gasteiger partial charge on any atom is 0.408 e. The molecule has 3 N–H and O–H groups in total. The Morgan fingerprint density at radius 2 is 1.74 bits per heavy atom. The number of rotatable bonds is 13. The molecule has 2 saturated carbocycles. The number of methoxy groups -OCH3 is 1. The largest absolute Gasteiger partial charge is 0.497 e. The Balaban J connectivity index is 1.33. The fourth-order valence-corrected chi connectivity index (χ4v) is 9.18. The van der Waals surface area contributed by atoms with E-state index in [0.717, 1.165) is 5.56 Å². The van der Waals surface area contributed by atoms with Crippen molar-refractivity contribution in [3.8, 4) is 34.6 Å². The summed E-state index contributed by atoms with van der Waals surface area (Å²) in [6.45, 7) is 16.1. The number of likely N-dealkylation sites (tertiary alicyclic amines) is 1. The van der Waals surface area contributed by atoms with Crippen LogP contribution in [0.4, 0.5) is 4.79 Å². The molecule has 3 fully saturated rings. The Morgan fingerprint density at radius 3 is 2.33 bits per heavy atom. The minimum atomic E-state index is -4.16. The molecule has 6 rings (SSSR count). The van der Waals surface area contributed by atoms with Crippen LogP contribution < -0.4 is 24.8 Å². The van der Waals surface area contributed by atoms with Gasteiger partial charge in [0.05, 0.1) is 24.9 Å².